The Morgan fingerprint density at radius 1 is 1.35 bits per heavy atom. The molecule has 9 nitrogen and oxygen atoms in total. The van der Waals surface area contributed by atoms with Gasteiger partial charge >= 0.3 is 0 Å². The largest absolute Gasteiger partial charge is 0.443 e. The Balaban J connectivity index is 1.60. The van der Waals surface area contributed by atoms with Crippen LogP contribution in [-0.2, 0) is 6.54 Å². The normalized spacial score (nSPS) is 17.7. The van der Waals surface area contributed by atoms with Crippen molar-refractivity contribution in [2.75, 3.05) is 13.6 Å². The average Bonchev–Trinajstić information content (AvgIpc) is 3.45. The molecular weight excluding hydrogens is 410 g/mol. The molecule has 0 aliphatic carbocycles. The maximum Gasteiger partial charge on any atom is 0.277 e. The van der Waals surface area contributed by atoms with E-state index in [1.165, 1.54) is 17.9 Å². The van der Waals surface area contributed by atoms with E-state index in [0.29, 0.717) is 5.56 Å². The smallest absolute Gasteiger partial charge is 0.277 e. The van der Waals surface area contributed by atoms with E-state index in [9.17, 15) is 18.4 Å². The Morgan fingerprint density at radius 3 is 2.90 bits per heavy atom. The lowest BCUT2D eigenvalue weighted by molar-refractivity contribution is 0.0117. The maximum absolute atomic E-state index is 14.3. The molecule has 1 fully saturated rings. The molecule has 11 heteroatoms. The van der Waals surface area contributed by atoms with Gasteiger partial charge in [-0.1, -0.05) is 29.0 Å². The predicted octanol–water partition coefficient (Wildman–Crippen LogP) is 2.15. The topological polar surface area (TPSA) is 106 Å². The molecule has 4 rings (SSSR count). The number of aromatic nitrogens is 4. The highest BCUT2D eigenvalue weighted by Gasteiger charge is 2.48. The summed E-state index contributed by atoms with van der Waals surface area (Å²) in [5, 5.41) is 9.96. The van der Waals surface area contributed by atoms with Crippen LogP contribution < -0.4 is 5.32 Å². The van der Waals surface area contributed by atoms with Crippen LogP contribution in [0.2, 0.25) is 0 Å². The van der Waals surface area contributed by atoms with Crippen LogP contribution in [0.4, 0.5) is 8.78 Å². The lowest BCUT2D eigenvalue weighted by Gasteiger charge is -2.23. The van der Waals surface area contributed by atoms with Crippen molar-refractivity contribution in [2.24, 2.45) is 0 Å². The summed E-state index contributed by atoms with van der Waals surface area (Å²) in [6.07, 6.45) is 1.94. The maximum atomic E-state index is 14.3. The number of carbonyl (C=O) groups excluding carboxylic acids is 2. The van der Waals surface area contributed by atoms with E-state index < -0.39 is 36.7 Å². The number of alkyl halides is 2. The minimum absolute atomic E-state index is 0.0297. The second kappa shape index (κ2) is 7.89. The zero-order chi connectivity index (χ0) is 22.2. The highest BCUT2D eigenvalue weighted by atomic mass is 19.3. The first-order valence-corrected chi connectivity index (χ1v) is 9.59. The van der Waals surface area contributed by atoms with Crippen LogP contribution in [0.1, 0.15) is 33.0 Å². The highest BCUT2D eigenvalue weighted by molar-refractivity contribution is 5.98. The van der Waals surface area contributed by atoms with Gasteiger partial charge in [-0.05, 0) is 13.0 Å². The number of carbonyl (C=O) groups is 2. The van der Waals surface area contributed by atoms with Crippen LogP contribution in [0.5, 0.6) is 0 Å². The van der Waals surface area contributed by atoms with Gasteiger partial charge < -0.3 is 14.6 Å². The van der Waals surface area contributed by atoms with Gasteiger partial charge in [0.15, 0.2) is 23.5 Å². The van der Waals surface area contributed by atoms with Crippen molar-refractivity contribution in [3.05, 3.63) is 53.8 Å². The van der Waals surface area contributed by atoms with E-state index in [1.54, 1.807) is 6.07 Å². The molecule has 1 atom stereocenters. The predicted molar refractivity (Wildman–Crippen MR) is 104 cm³/mol. The molecule has 0 radical (unpaired) electrons. The van der Waals surface area contributed by atoms with E-state index in [0.717, 1.165) is 16.9 Å². The molecule has 1 saturated heterocycles. The van der Waals surface area contributed by atoms with E-state index >= 15 is 0 Å². The molecule has 2 aromatic heterocycles. The molecule has 3 heterocycles. The first-order valence-electron chi connectivity index (χ1n) is 9.59. The molecule has 0 saturated carbocycles. The van der Waals surface area contributed by atoms with Crippen LogP contribution in [0.25, 0.3) is 11.3 Å². The van der Waals surface area contributed by atoms with Crippen molar-refractivity contribution in [3.8, 4) is 11.3 Å². The number of amides is 2. The Kier molecular flexibility index (Phi) is 5.25. The van der Waals surface area contributed by atoms with Crippen LogP contribution in [0.15, 0.2) is 41.3 Å². The molecule has 0 unspecified atom stereocenters. The van der Waals surface area contributed by atoms with Gasteiger partial charge in [-0.15, -0.1) is 5.10 Å². The standard InChI is InChI=1S/C20H20F2N6O3/c1-12-4-3-5-13(6-12)17-16(24-11-31-17)19(30)28-10-20(21,22)7-14(28)8-27-9-15(25-26-27)18(29)23-2/h3-6,9,11,14H,7-8,10H2,1-2H3,(H,23,29)/t14-/m0/s1. The minimum Gasteiger partial charge on any atom is -0.443 e. The molecule has 1 aliphatic heterocycles. The second-order valence-corrected chi connectivity index (χ2v) is 7.45. The number of nitrogens with zero attached hydrogens (tertiary/aromatic N) is 5. The van der Waals surface area contributed by atoms with E-state index in [4.69, 9.17) is 4.42 Å². The fraction of sp³-hybridized carbons (Fsp3) is 0.350. The minimum atomic E-state index is -3.06. The van der Waals surface area contributed by atoms with Crippen molar-refractivity contribution < 1.29 is 22.8 Å². The summed E-state index contributed by atoms with van der Waals surface area (Å²) in [6, 6.07) is 6.43. The number of hydrogen-bond donors (Lipinski definition) is 1. The average molecular weight is 430 g/mol. The summed E-state index contributed by atoms with van der Waals surface area (Å²) in [7, 11) is 1.45. The number of halogens is 2. The third-order valence-corrected chi connectivity index (χ3v) is 5.08. The van der Waals surface area contributed by atoms with Crippen LogP contribution >= 0.6 is 0 Å². The van der Waals surface area contributed by atoms with Crippen LogP contribution in [0.3, 0.4) is 0 Å². The van der Waals surface area contributed by atoms with Gasteiger partial charge in [0.2, 0.25) is 0 Å². The van der Waals surface area contributed by atoms with E-state index in [1.807, 2.05) is 25.1 Å². The third-order valence-electron chi connectivity index (χ3n) is 5.08. The monoisotopic (exact) mass is 430 g/mol. The fourth-order valence-corrected chi connectivity index (χ4v) is 3.66. The van der Waals surface area contributed by atoms with Gasteiger partial charge in [-0.2, -0.15) is 0 Å². The van der Waals surface area contributed by atoms with Gasteiger partial charge in [0.05, 0.1) is 25.3 Å². The number of hydrogen-bond acceptors (Lipinski definition) is 6. The van der Waals surface area contributed by atoms with Crippen molar-refractivity contribution in [3.63, 3.8) is 0 Å². The van der Waals surface area contributed by atoms with Gasteiger partial charge in [0, 0.05) is 19.0 Å². The van der Waals surface area contributed by atoms with Crippen molar-refractivity contribution in [1.29, 1.82) is 0 Å². The van der Waals surface area contributed by atoms with Gasteiger partial charge in [-0.3, -0.25) is 9.59 Å². The van der Waals surface area contributed by atoms with Gasteiger partial charge in [0.25, 0.3) is 17.7 Å². The SMILES string of the molecule is CNC(=O)c1cn(C[C@@H]2CC(F)(F)CN2C(=O)c2ncoc2-c2cccc(C)c2)nn1. The molecule has 0 spiro atoms. The Morgan fingerprint density at radius 2 is 2.16 bits per heavy atom. The third kappa shape index (κ3) is 4.16. The lowest BCUT2D eigenvalue weighted by Crippen LogP contribution is -2.39. The lowest BCUT2D eigenvalue weighted by atomic mass is 10.1. The van der Waals surface area contributed by atoms with Crippen LogP contribution in [0, 0.1) is 6.92 Å². The van der Waals surface area contributed by atoms with Crippen molar-refractivity contribution in [1.82, 2.24) is 30.2 Å². The molecule has 1 N–H and O–H groups in total. The molecule has 3 aromatic rings. The summed E-state index contributed by atoms with van der Waals surface area (Å²) >= 11 is 0. The van der Waals surface area contributed by atoms with Crippen molar-refractivity contribution >= 4 is 11.8 Å². The molecule has 31 heavy (non-hydrogen) atoms. The van der Waals surface area contributed by atoms with Gasteiger partial charge in [0.1, 0.15) is 0 Å². The Bertz CT molecular complexity index is 1130. The Labute approximate surface area is 176 Å². The number of rotatable bonds is 5. The van der Waals surface area contributed by atoms with Gasteiger partial charge in [-0.25, -0.2) is 18.4 Å². The number of nitrogens with one attached hydrogen (secondary N) is 1. The zero-order valence-corrected chi connectivity index (χ0v) is 16.9. The molecule has 1 aromatic carbocycles. The molecule has 162 valence electrons. The molecule has 0 bridgehead atoms. The summed E-state index contributed by atoms with van der Waals surface area (Å²) in [6.45, 7) is 1.11. The Hall–Kier alpha value is -3.63. The highest BCUT2D eigenvalue weighted by Crippen LogP contribution is 2.35. The van der Waals surface area contributed by atoms with Crippen molar-refractivity contribution in [2.45, 2.75) is 31.9 Å². The summed E-state index contributed by atoms with van der Waals surface area (Å²) < 4.78 is 35.2. The number of oxazole rings is 1. The second-order valence-electron chi connectivity index (χ2n) is 7.45. The molecule has 2 amide bonds. The number of likely N-dealkylation sites (tertiary alicyclic amines) is 1. The zero-order valence-electron chi connectivity index (χ0n) is 16.9. The fourth-order valence-electron chi connectivity index (χ4n) is 3.66. The summed E-state index contributed by atoms with van der Waals surface area (Å²) in [5.74, 6) is -3.93. The van der Waals surface area contributed by atoms with E-state index in [-0.39, 0.29) is 23.7 Å². The number of benzene rings is 1. The molecular formula is C20H20F2N6O3. The first-order chi connectivity index (χ1) is 14.8. The summed E-state index contributed by atoms with van der Waals surface area (Å²) in [4.78, 5) is 29.9. The first kappa shape index (κ1) is 20.6. The quantitative estimate of drug-likeness (QED) is 0.665. The summed E-state index contributed by atoms with van der Waals surface area (Å²) in [5.41, 5.74) is 1.62. The van der Waals surface area contributed by atoms with E-state index in [2.05, 4.69) is 20.6 Å². The number of aryl methyl sites for hydroxylation is 1. The molecule has 1 aliphatic rings. The van der Waals surface area contributed by atoms with Crippen LogP contribution in [-0.4, -0.2) is 62.2 Å².